The summed E-state index contributed by atoms with van der Waals surface area (Å²) in [6.45, 7) is 1.43. The molecule has 6 heteroatoms. The SMILES string of the molecule is C[C@H](NC(=O)c1cc(C2CC2)nc2ccc(Cl)cc12)C(=O)O. The van der Waals surface area contributed by atoms with Crippen molar-refractivity contribution in [3.05, 3.63) is 40.5 Å². The number of aliphatic carboxylic acids is 1. The summed E-state index contributed by atoms with van der Waals surface area (Å²) in [6.07, 6.45) is 2.14. The minimum Gasteiger partial charge on any atom is -0.480 e. The lowest BCUT2D eigenvalue weighted by molar-refractivity contribution is -0.138. The van der Waals surface area contributed by atoms with Crippen LogP contribution in [0.4, 0.5) is 0 Å². The maximum Gasteiger partial charge on any atom is 0.325 e. The van der Waals surface area contributed by atoms with Gasteiger partial charge in [0.2, 0.25) is 0 Å². The number of carboxylic acid groups (broad SMARTS) is 1. The number of fused-ring (bicyclic) bond motifs is 1. The van der Waals surface area contributed by atoms with Crippen LogP contribution in [0.3, 0.4) is 0 Å². The van der Waals surface area contributed by atoms with Crippen molar-refractivity contribution >= 4 is 34.4 Å². The van der Waals surface area contributed by atoms with Gasteiger partial charge >= 0.3 is 5.97 Å². The second-order valence-corrected chi connectivity index (χ2v) is 6.00. The molecule has 1 atom stereocenters. The van der Waals surface area contributed by atoms with Crippen LogP contribution in [0.2, 0.25) is 5.02 Å². The van der Waals surface area contributed by atoms with Gasteiger partial charge in [0, 0.05) is 22.0 Å². The number of rotatable bonds is 4. The van der Waals surface area contributed by atoms with Crippen LogP contribution < -0.4 is 5.32 Å². The van der Waals surface area contributed by atoms with E-state index >= 15 is 0 Å². The highest BCUT2D eigenvalue weighted by Gasteiger charge is 2.27. The molecule has 2 N–H and O–H groups in total. The number of carbonyl (C=O) groups is 2. The largest absolute Gasteiger partial charge is 0.480 e. The molecule has 0 saturated heterocycles. The van der Waals surface area contributed by atoms with Crippen LogP contribution in [0.25, 0.3) is 10.9 Å². The second-order valence-electron chi connectivity index (χ2n) is 5.56. The topological polar surface area (TPSA) is 79.3 Å². The minimum absolute atomic E-state index is 0.392. The summed E-state index contributed by atoms with van der Waals surface area (Å²) in [4.78, 5) is 27.9. The fourth-order valence-electron chi connectivity index (χ4n) is 2.33. The number of pyridine rings is 1. The van der Waals surface area contributed by atoms with Crippen molar-refractivity contribution in [1.82, 2.24) is 10.3 Å². The summed E-state index contributed by atoms with van der Waals surface area (Å²) in [6, 6.07) is 5.98. The van der Waals surface area contributed by atoms with E-state index < -0.39 is 17.9 Å². The number of amides is 1. The number of aromatic nitrogens is 1. The Hall–Kier alpha value is -2.14. The third kappa shape index (κ3) is 2.90. The van der Waals surface area contributed by atoms with Crippen molar-refractivity contribution in [2.45, 2.75) is 31.7 Å². The first-order valence-electron chi connectivity index (χ1n) is 7.09. The van der Waals surface area contributed by atoms with E-state index in [-0.39, 0.29) is 0 Å². The quantitative estimate of drug-likeness (QED) is 0.908. The summed E-state index contributed by atoms with van der Waals surface area (Å²) >= 11 is 6.01. The van der Waals surface area contributed by atoms with Gasteiger partial charge in [0.05, 0.1) is 11.1 Å². The molecule has 22 heavy (non-hydrogen) atoms. The Bertz CT molecular complexity index is 771. The van der Waals surface area contributed by atoms with Gasteiger partial charge in [0.15, 0.2) is 0 Å². The molecule has 114 valence electrons. The van der Waals surface area contributed by atoms with Gasteiger partial charge in [-0.15, -0.1) is 0 Å². The maximum absolute atomic E-state index is 12.4. The van der Waals surface area contributed by atoms with Crippen LogP contribution in [-0.2, 0) is 4.79 Å². The predicted molar refractivity (Wildman–Crippen MR) is 83.3 cm³/mol. The Labute approximate surface area is 132 Å². The van der Waals surface area contributed by atoms with Crippen molar-refractivity contribution in [3.63, 3.8) is 0 Å². The maximum atomic E-state index is 12.4. The van der Waals surface area contributed by atoms with Crippen LogP contribution >= 0.6 is 11.6 Å². The van der Waals surface area contributed by atoms with Crippen molar-refractivity contribution in [2.75, 3.05) is 0 Å². The number of benzene rings is 1. The molecule has 0 spiro atoms. The summed E-state index contributed by atoms with van der Waals surface area (Å²) in [5.74, 6) is -1.11. The van der Waals surface area contributed by atoms with Crippen molar-refractivity contribution in [2.24, 2.45) is 0 Å². The lowest BCUT2D eigenvalue weighted by atomic mass is 10.0. The van der Waals surface area contributed by atoms with E-state index in [0.29, 0.717) is 27.4 Å². The van der Waals surface area contributed by atoms with E-state index in [0.717, 1.165) is 18.5 Å². The van der Waals surface area contributed by atoms with Crippen molar-refractivity contribution < 1.29 is 14.7 Å². The number of carboxylic acids is 1. The standard InChI is InChI=1S/C16H15ClN2O3/c1-8(16(21)22)18-15(20)12-7-14(9-2-3-9)19-13-5-4-10(17)6-11(12)13/h4-9H,2-3H2,1H3,(H,18,20)(H,21,22)/t8-/m0/s1. The van der Waals surface area contributed by atoms with Gasteiger partial charge in [-0.1, -0.05) is 11.6 Å². The third-order valence-electron chi connectivity index (χ3n) is 3.75. The van der Waals surface area contributed by atoms with Gasteiger partial charge in [0.25, 0.3) is 5.91 Å². The fraction of sp³-hybridized carbons (Fsp3) is 0.312. The third-order valence-corrected chi connectivity index (χ3v) is 3.98. The van der Waals surface area contributed by atoms with E-state index in [1.54, 1.807) is 24.3 Å². The lowest BCUT2D eigenvalue weighted by Gasteiger charge is -2.12. The second kappa shape index (κ2) is 5.57. The molecule has 3 rings (SSSR count). The molecular formula is C16H15ClN2O3. The summed E-state index contributed by atoms with van der Waals surface area (Å²) in [5, 5.41) is 12.6. The van der Waals surface area contributed by atoms with E-state index in [4.69, 9.17) is 16.7 Å². The Morgan fingerprint density at radius 3 is 2.73 bits per heavy atom. The molecule has 1 saturated carbocycles. The normalized spacial score (nSPS) is 15.5. The first-order valence-corrected chi connectivity index (χ1v) is 7.47. The molecule has 0 unspecified atom stereocenters. The first-order chi connectivity index (χ1) is 10.5. The number of nitrogens with zero attached hydrogens (tertiary/aromatic N) is 1. The van der Waals surface area contributed by atoms with Crippen molar-refractivity contribution in [1.29, 1.82) is 0 Å². The first kappa shape index (κ1) is 14.8. The number of carbonyl (C=O) groups excluding carboxylic acids is 1. The summed E-state index contributed by atoms with van der Waals surface area (Å²) in [7, 11) is 0. The average molecular weight is 319 g/mol. The molecule has 1 aromatic heterocycles. The Balaban J connectivity index is 2.07. The van der Waals surface area contributed by atoms with Gasteiger partial charge in [-0.2, -0.15) is 0 Å². The molecule has 2 aromatic rings. The lowest BCUT2D eigenvalue weighted by Crippen LogP contribution is -2.38. The molecule has 1 fully saturated rings. The van der Waals surface area contributed by atoms with Gasteiger partial charge < -0.3 is 10.4 Å². The predicted octanol–water partition coefficient (Wildman–Crippen LogP) is 2.97. The van der Waals surface area contributed by atoms with Crippen LogP contribution in [0, 0.1) is 0 Å². The number of hydrogen-bond acceptors (Lipinski definition) is 3. The van der Waals surface area contributed by atoms with E-state index in [1.807, 2.05) is 0 Å². The fourth-order valence-corrected chi connectivity index (χ4v) is 2.50. The van der Waals surface area contributed by atoms with Crippen LogP contribution in [0.1, 0.15) is 41.7 Å². The zero-order chi connectivity index (χ0) is 15.9. The number of nitrogens with one attached hydrogen (secondary N) is 1. The monoisotopic (exact) mass is 318 g/mol. The molecule has 1 aromatic carbocycles. The van der Waals surface area contributed by atoms with Gasteiger partial charge in [-0.25, -0.2) is 0 Å². The molecule has 5 nitrogen and oxygen atoms in total. The Morgan fingerprint density at radius 1 is 1.36 bits per heavy atom. The van der Waals surface area contributed by atoms with E-state index in [1.165, 1.54) is 6.92 Å². The molecular weight excluding hydrogens is 304 g/mol. The number of hydrogen-bond donors (Lipinski definition) is 2. The highest BCUT2D eigenvalue weighted by atomic mass is 35.5. The Kier molecular flexibility index (Phi) is 3.74. The zero-order valence-electron chi connectivity index (χ0n) is 12.0. The summed E-state index contributed by atoms with van der Waals surface area (Å²) in [5.41, 5.74) is 1.99. The van der Waals surface area contributed by atoms with Gasteiger partial charge in [-0.05, 0) is 44.0 Å². The molecule has 0 bridgehead atoms. The highest BCUT2D eigenvalue weighted by molar-refractivity contribution is 6.31. The smallest absolute Gasteiger partial charge is 0.325 e. The molecule has 1 aliphatic carbocycles. The number of halogens is 1. The highest BCUT2D eigenvalue weighted by Crippen LogP contribution is 2.40. The van der Waals surface area contributed by atoms with Crippen LogP contribution in [0.5, 0.6) is 0 Å². The van der Waals surface area contributed by atoms with Crippen LogP contribution in [0.15, 0.2) is 24.3 Å². The molecule has 0 radical (unpaired) electrons. The summed E-state index contributed by atoms with van der Waals surface area (Å²) < 4.78 is 0. The minimum atomic E-state index is -1.08. The molecule has 0 aliphatic heterocycles. The van der Waals surface area contributed by atoms with Crippen molar-refractivity contribution in [3.8, 4) is 0 Å². The zero-order valence-corrected chi connectivity index (χ0v) is 12.7. The molecule has 1 amide bonds. The van der Waals surface area contributed by atoms with Gasteiger partial charge in [0.1, 0.15) is 6.04 Å². The van der Waals surface area contributed by atoms with E-state index in [2.05, 4.69) is 10.3 Å². The van der Waals surface area contributed by atoms with Crippen LogP contribution in [-0.4, -0.2) is 28.0 Å². The Morgan fingerprint density at radius 2 is 2.09 bits per heavy atom. The average Bonchev–Trinajstić information content (AvgIpc) is 3.30. The molecule has 1 aliphatic rings. The van der Waals surface area contributed by atoms with Gasteiger partial charge in [-0.3, -0.25) is 14.6 Å². The molecule has 1 heterocycles. The van der Waals surface area contributed by atoms with E-state index in [9.17, 15) is 9.59 Å².